The summed E-state index contributed by atoms with van der Waals surface area (Å²) in [5.74, 6) is 3.35. The highest BCUT2D eigenvalue weighted by Gasteiger charge is 2.33. The number of nitrogens with one attached hydrogen (secondary N) is 2. The van der Waals surface area contributed by atoms with Gasteiger partial charge >= 0.3 is 0 Å². The third-order valence-electron chi connectivity index (χ3n) is 3.60. The molecule has 1 heterocycles. The Bertz CT molecular complexity index is 376. The highest BCUT2D eigenvalue weighted by molar-refractivity contribution is 5.80. The smallest absolute Gasteiger partial charge is 0.192 e. The van der Waals surface area contributed by atoms with Crippen molar-refractivity contribution >= 4 is 5.96 Å². The predicted octanol–water partition coefficient (Wildman–Crippen LogP) is 1.06. The number of nitrogens with zero attached hydrogens (tertiary/aromatic N) is 2. The molecule has 0 amide bonds. The van der Waals surface area contributed by atoms with Crippen molar-refractivity contribution < 1.29 is 4.74 Å². The first-order chi connectivity index (χ1) is 9.89. The number of hydrogen-bond donors (Lipinski definition) is 2. The van der Waals surface area contributed by atoms with Crippen LogP contribution in [0.1, 0.15) is 34.6 Å². The van der Waals surface area contributed by atoms with Gasteiger partial charge in [-0.1, -0.05) is 5.92 Å². The highest BCUT2D eigenvalue weighted by Crippen LogP contribution is 2.21. The largest absolute Gasteiger partial charge is 0.373 e. The molecule has 0 aromatic heterocycles. The Kier molecular flexibility index (Phi) is 7.00. The number of aliphatic imine (C=N–C) groups is 1. The Morgan fingerprint density at radius 1 is 1.33 bits per heavy atom. The van der Waals surface area contributed by atoms with Gasteiger partial charge in [-0.15, -0.1) is 6.42 Å². The van der Waals surface area contributed by atoms with Crippen molar-refractivity contribution in [1.82, 2.24) is 15.5 Å². The van der Waals surface area contributed by atoms with Gasteiger partial charge in [0.25, 0.3) is 0 Å². The molecular weight excluding hydrogens is 264 g/mol. The van der Waals surface area contributed by atoms with Gasteiger partial charge in [-0.3, -0.25) is 9.89 Å². The molecular formula is C16H30N4O. The molecule has 1 aliphatic rings. The second kappa shape index (κ2) is 8.26. The average Bonchev–Trinajstić information content (AvgIpc) is 2.41. The highest BCUT2D eigenvalue weighted by atomic mass is 16.5. The Labute approximate surface area is 129 Å². The summed E-state index contributed by atoms with van der Waals surface area (Å²) in [6, 6.07) is 0. The van der Waals surface area contributed by atoms with Crippen LogP contribution in [0.3, 0.4) is 0 Å². The van der Waals surface area contributed by atoms with E-state index in [0.717, 1.165) is 25.6 Å². The van der Waals surface area contributed by atoms with Crippen LogP contribution in [0.25, 0.3) is 0 Å². The number of ether oxygens (including phenoxy) is 1. The average molecular weight is 294 g/mol. The molecule has 120 valence electrons. The van der Waals surface area contributed by atoms with E-state index in [1.54, 1.807) is 0 Å². The SMILES string of the molecule is C#CCNC(=NCC(C)(C)N1CC(C)OC(C)C1)NCC. The van der Waals surface area contributed by atoms with Crippen molar-refractivity contribution in [2.24, 2.45) is 4.99 Å². The van der Waals surface area contributed by atoms with Gasteiger partial charge in [-0.25, -0.2) is 0 Å². The van der Waals surface area contributed by atoms with E-state index < -0.39 is 0 Å². The van der Waals surface area contributed by atoms with Crippen molar-refractivity contribution in [2.45, 2.75) is 52.4 Å². The molecule has 2 atom stereocenters. The lowest BCUT2D eigenvalue weighted by Gasteiger charge is -2.44. The topological polar surface area (TPSA) is 48.9 Å². The zero-order chi connectivity index (χ0) is 15.9. The first kappa shape index (κ1) is 17.8. The fourth-order valence-electron chi connectivity index (χ4n) is 2.52. The van der Waals surface area contributed by atoms with Gasteiger partial charge in [0.15, 0.2) is 5.96 Å². The van der Waals surface area contributed by atoms with Gasteiger partial charge in [0.05, 0.1) is 25.3 Å². The van der Waals surface area contributed by atoms with Crippen LogP contribution in [0.2, 0.25) is 0 Å². The Hall–Kier alpha value is -1.25. The summed E-state index contributed by atoms with van der Waals surface area (Å²) in [5.41, 5.74) is -0.00913. The van der Waals surface area contributed by atoms with E-state index in [1.807, 2.05) is 6.92 Å². The minimum atomic E-state index is -0.00913. The zero-order valence-corrected chi connectivity index (χ0v) is 14.1. The molecule has 2 N–H and O–H groups in total. The molecule has 1 aliphatic heterocycles. The molecule has 2 unspecified atom stereocenters. The van der Waals surface area contributed by atoms with E-state index in [2.05, 4.69) is 54.1 Å². The molecule has 0 aliphatic carbocycles. The van der Waals surface area contributed by atoms with Gasteiger partial charge in [0.2, 0.25) is 0 Å². The molecule has 1 saturated heterocycles. The Morgan fingerprint density at radius 3 is 2.48 bits per heavy atom. The molecule has 0 aromatic rings. The number of morpholine rings is 1. The minimum absolute atomic E-state index is 0.00913. The van der Waals surface area contributed by atoms with Gasteiger partial charge in [-0.05, 0) is 34.6 Å². The van der Waals surface area contributed by atoms with Crippen LogP contribution in [0.5, 0.6) is 0 Å². The summed E-state index contributed by atoms with van der Waals surface area (Å²) < 4.78 is 5.80. The summed E-state index contributed by atoms with van der Waals surface area (Å²) in [6.45, 7) is 14.7. The van der Waals surface area contributed by atoms with Gasteiger partial charge in [-0.2, -0.15) is 0 Å². The number of guanidine groups is 1. The van der Waals surface area contributed by atoms with Crippen LogP contribution >= 0.6 is 0 Å². The summed E-state index contributed by atoms with van der Waals surface area (Å²) in [7, 11) is 0. The molecule has 5 nitrogen and oxygen atoms in total. The van der Waals surface area contributed by atoms with Crippen LogP contribution in [0.15, 0.2) is 4.99 Å². The normalized spacial score (nSPS) is 24.5. The van der Waals surface area contributed by atoms with E-state index in [0.29, 0.717) is 13.1 Å². The van der Waals surface area contributed by atoms with Crippen LogP contribution in [0.4, 0.5) is 0 Å². The maximum Gasteiger partial charge on any atom is 0.192 e. The second-order valence-corrected chi connectivity index (χ2v) is 6.23. The van der Waals surface area contributed by atoms with Crippen LogP contribution < -0.4 is 10.6 Å². The lowest BCUT2D eigenvalue weighted by atomic mass is 10.0. The molecule has 0 aromatic carbocycles. The predicted molar refractivity (Wildman–Crippen MR) is 88.5 cm³/mol. The molecule has 5 heteroatoms. The van der Waals surface area contributed by atoms with Crippen LogP contribution in [-0.2, 0) is 4.74 Å². The standard InChI is InChI=1S/C16H30N4O/c1-7-9-18-15(17-8-2)19-12-16(5,6)20-10-13(3)21-14(4)11-20/h1,13-14H,8-12H2,2-6H3,(H2,17,18,19). The fourth-order valence-corrected chi connectivity index (χ4v) is 2.52. The monoisotopic (exact) mass is 294 g/mol. The van der Waals surface area contributed by atoms with E-state index >= 15 is 0 Å². The molecule has 1 rings (SSSR count). The number of hydrogen-bond acceptors (Lipinski definition) is 3. The van der Waals surface area contributed by atoms with Crippen LogP contribution in [0, 0.1) is 12.3 Å². The second-order valence-electron chi connectivity index (χ2n) is 6.23. The first-order valence-electron chi connectivity index (χ1n) is 7.75. The lowest BCUT2D eigenvalue weighted by Crippen LogP contribution is -2.56. The number of terminal acetylenes is 1. The van der Waals surface area contributed by atoms with E-state index in [1.165, 1.54) is 0 Å². The van der Waals surface area contributed by atoms with Crippen molar-refractivity contribution in [3.63, 3.8) is 0 Å². The molecule has 1 fully saturated rings. The zero-order valence-electron chi connectivity index (χ0n) is 14.1. The molecule has 0 spiro atoms. The molecule has 21 heavy (non-hydrogen) atoms. The van der Waals surface area contributed by atoms with E-state index in [-0.39, 0.29) is 17.7 Å². The van der Waals surface area contributed by atoms with Crippen molar-refractivity contribution in [3.05, 3.63) is 0 Å². The molecule has 0 bridgehead atoms. The maximum atomic E-state index is 5.80. The van der Waals surface area contributed by atoms with Gasteiger partial charge in [0.1, 0.15) is 0 Å². The van der Waals surface area contributed by atoms with E-state index in [9.17, 15) is 0 Å². The maximum absolute atomic E-state index is 5.80. The summed E-state index contributed by atoms with van der Waals surface area (Å²) in [6.07, 6.45) is 5.82. The number of rotatable bonds is 5. The minimum Gasteiger partial charge on any atom is -0.373 e. The van der Waals surface area contributed by atoms with E-state index in [4.69, 9.17) is 11.2 Å². The fraction of sp³-hybridized carbons (Fsp3) is 0.812. The third kappa shape index (κ3) is 5.94. The molecule has 0 saturated carbocycles. The lowest BCUT2D eigenvalue weighted by molar-refractivity contribution is -0.0939. The van der Waals surface area contributed by atoms with Crippen molar-refractivity contribution in [1.29, 1.82) is 0 Å². The Balaban J connectivity index is 2.66. The molecule has 0 radical (unpaired) electrons. The first-order valence-corrected chi connectivity index (χ1v) is 7.75. The Morgan fingerprint density at radius 2 is 1.95 bits per heavy atom. The van der Waals surface area contributed by atoms with Gasteiger partial charge < -0.3 is 15.4 Å². The van der Waals surface area contributed by atoms with Crippen molar-refractivity contribution in [2.75, 3.05) is 32.7 Å². The van der Waals surface area contributed by atoms with Crippen molar-refractivity contribution in [3.8, 4) is 12.3 Å². The third-order valence-corrected chi connectivity index (χ3v) is 3.60. The summed E-state index contributed by atoms with van der Waals surface area (Å²) in [4.78, 5) is 7.12. The summed E-state index contributed by atoms with van der Waals surface area (Å²) >= 11 is 0. The summed E-state index contributed by atoms with van der Waals surface area (Å²) in [5, 5.41) is 6.33. The quantitative estimate of drug-likeness (QED) is 0.452. The van der Waals surface area contributed by atoms with Crippen LogP contribution in [-0.4, -0.2) is 61.3 Å². The van der Waals surface area contributed by atoms with Gasteiger partial charge in [0, 0.05) is 25.2 Å².